The maximum absolute atomic E-state index is 5.34. The van der Waals surface area contributed by atoms with Crippen molar-refractivity contribution in [3.8, 4) is 11.8 Å². The molecule has 0 aliphatic carbocycles. The average Bonchev–Trinajstić information content (AvgIpc) is 2.66. The number of hydrogen-bond donors (Lipinski definition) is 0. The van der Waals surface area contributed by atoms with Crippen LogP contribution in [0.1, 0.15) is 5.56 Å². The number of hydrogen-bond acceptors (Lipinski definition) is 3. The standard InChI is InChI=1S/C12H13IN2O2/c1-16-11-10(13)12(17-2)15(14-11)8-9-6-4-3-5-7-9/h3-7H,8H2,1-2H3. The monoisotopic (exact) mass is 344 g/mol. The van der Waals surface area contributed by atoms with Gasteiger partial charge < -0.3 is 9.47 Å². The van der Waals surface area contributed by atoms with E-state index in [2.05, 4.69) is 39.8 Å². The molecule has 5 heteroatoms. The molecule has 1 heterocycles. The fraction of sp³-hybridized carbons (Fsp3) is 0.250. The highest BCUT2D eigenvalue weighted by atomic mass is 127. The van der Waals surface area contributed by atoms with Crippen LogP contribution in [-0.2, 0) is 6.54 Å². The Labute approximate surface area is 114 Å². The van der Waals surface area contributed by atoms with E-state index in [9.17, 15) is 0 Å². The van der Waals surface area contributed by atoms with E-state index in [0.29, 0.717) is 12.4 Å². The fourth-order valence-electron chi connectivity index (χ4n) is 1.59. The van der Waals surface area contributed by atoms with Crippen molar-refractivity contribution in [2.24, 2.45) is 0 Å². The van der Waals surface area contributed by atoms with Gasteiger partial charge in [-0.1, -0.05) is 30.3 Å². The van der Waals surface area contributed by atoms with Gasteiger partial charge in [0.15, 0.2) is 0 Å². The van der Waals surface area contributed by atoms with E-state index in [1.54, 1.807) is 18.9 Å². The molecule has 0 spiro atoms. The first-order chi connectivity index (χ1) is 8.26. The Morgan fingerprint density at radius 2 is 1.88 bits per heavy atom. The Bertz CT molecular complexity index is 497. The Hall–Kier alpha value is -1.24. The number of nitrogens with zero attached hydrogens (tertiary/aromatic N) is 2. The van der Waals surface area contributed by atoms with Crippen LogP contribution in [0.5, 0.6) is 11.8 Å². The summed E-state index contributed by atoms with van der Waals surface area (Å²) in [5.41, 5.74) is 1.17. The predicted octanol–water partition coefficient (Wildman–Crippen LogP) is 2.55. The number of ether oxygens (including phenoxy) is 2. The van der Waals surface area contributed by atoms with Gasteiger partial charge in [-0.3, -0.25) is 0 Å². The van der Waals surface area contributed by atoms with Crippen LogP contribution in [0.15, 0.2) is 30.3 Å². The quantitative estimate of drug-likeness (QED) is 0.800. The molecule has 4 nitrogen and oxygen atoms in total. The van der Waals surface area contributed by atoms with E-state index >= 15 is 0 Å². The molecule has 17 heavy (non-hydrogen) atoms. The predicted molar refractivity (Wildman–Crippen MR) is 73.6 cm³/mol. The molecule has 0 N–H and O–H groups in total. The Balaban J connectivity index is 2.32. The molecule has 0 aliphatic rings. The zero-order valence-electron chi connectivity index (χ0n) is 9.68. The molecule has 2 rings (SSSR count). The summed E-state index contributed by atoms with van der Waals surface area (Å²) in [5.74, 6) is 1.32. The van der Waals surface area contributed by atoms with E-state index in [4.69, 9.17) is 9.47 Å². The highest BCUT2D eigenvalue weighted by Gasteiger charge is 2.16. The number of aromatic nitrogens is 2. The first kappa shape index (κ1) is 12.2. The van der Waals surface area contributed by atoms with Crippen molar-refractivity contribution in [1.29, 1.82) is 0 Å². The zero-order chi connectivity index (χ0) is 12.3. The van der Waals surface area contributed by atoms with E-state index in [-0.39, 0.29) is 0 Å². The Morgan fingerprint density at radius 1 is 1.18 bits per heavy atom. The minimum Gasteiger partial charge on any atom is -0.480 e. The van der Waals surface area contributed by atoms with Crippen LogP contribution in [0.4, 0.5) is 0 Å². The number of benzene rings is 1. The summed E-state index contributed by atoms with van der Waals surface area (Å²) >= 11 is 2.17. The molecule has 0 aliphatic heterocycles. The summed E-state index contributed by atoms with van der Waals surface area (Å²) in [6.07, 6.45) is 0. The second-order valence-electron chi connectivity index (χ2n) is 3.48. The first-order valence-electron chi connectivity index (χ1n) is 5.14. The molecule has 0 radical (unpaired) electrons. The lowest BCUT2D eigenvalue weighted by Gasteiger charge is -2.05. The van der Waals surface area contributed by atoms with E-state index in [1.807, 2.05) is 18.2 Å². The number of methoxy groups -OCH3 is 2. The molecule has 2 aromatic rings. The minimum absolute atomic E-state index is 0.596. The molecule has 0 atom stereocenters. The van der Waals surface area contributed by atoms with Crippen LogP contribution in [0, 0.1) is 3.57 Å². The molecule has 1 aromatic carbocycles. The summed E-state index contributed by atoms with van der Waals surface area (Å²) < 4.78 is 13.2. The third kappa shape index (κ3) is 2.54. The molecular formula is C12H13IN2O2. The van der Waals surface area contributed by atoms with Gasteiger partial charge in [0.2, 0.25) is 11.8 Å². The summed E-state index contributed by atoms with van der Waals surface area (Å²) in [6, 6.07) is 10.1. The van der Waals surface area contributed by atoms with Crippen molar-refractivity contribution in [3.63, 3.8) is 0 Å². The van der Waals surface area contributed by atoms with Crippen LogP contribution in [0.3, 0.4) is 0 Å². The molecule has 0 saturated heterocycles. The fourth-order valence-corrected chi connectivity index (χ4v) is 2.42. The third-order valence-electron chi connectivity index (χ3n) is 2.38. The molecule has 0 saturated carbocycles. The van der Waals surface area contributed by atoms with Crippen molar-refractivity contribution in [1.82, 2.24) is 9.78 Å². The SMILES string of the molecule is COc1nn(Cc2ccccc2)c(OC)c1I. The summed E-state index contributed by atoms with van der Waals surface area (Å²) in [7, 11) is 3.25. The van der Waals surface area contributed by atoms with Gasteiger partial charge in [-0.05, 0) is 28.2 Å². The molecular weight excluding hydrogens is 331 g/mol. The van der Waals surface area contributed by atoms with Crippen molar-refractivity contribution in [2.75, 3.05) is 14.2 Å². The number of rotatable bonds is 4. The van der Waals surface area contributed by atoms with Crippen LogP contribution in [-0.4, -0.2) is 24.0 Å². The summed E-state index contributed by atoms with van der Waals surface area (Å²) in [5, 5.41) is 4.36. The molecule has 0 fully saturated rings. The minimum atomic E-state index is 0.596. The molecule has 0 amide bonds. The summed E-state index contributed by atoms with van der Waals surface area (Å²) in [4.78, 5) is 0. The maximum Gasteiger partial charge on any atom is 0.250 e. The number of halogens is 1. The van der Waals surface area contributed by atoms with Gasteiger partial charge in [0.1, 0.15) is 3.57 Å². The lowest BCUT2D eigenvalue weighted by Crippen LogP contribution is -2.04. The molecule has 1 aromatic heterocycles. The lowest BCUT2D eigenvalue weighted by molar-refractivity contribution is 0.362. The normalized spacial score (nSPS) is 10.3. The maximum atomic E-state index is 5.34. The highest BCUT2D eigenvalue weighted by Crippen LogP contribution is 2.29. The van der Waals surface area contributed by atoms with Gasteiger partial charge in [0, 0.05) is 0 Å². The molecule has 0 bridgehead atoms. The van der Waals surface area contributed by atoms with E-state index in [0.717, 1.165) is 9.45 Å². The van der Waals surface area contributed by atoms with Crippen LogP contribution in [0.2, 0.25) is 0 Å². The molecule has 90 valence electrons. The van der Waals surface area contributed by atoms with Gasteiger partial charge in [-0.25, -0.2) is 4.68 Å². The van der Waals surface area contributed by atoms with Crippen molar-refractivity contribution in [3.05, 3.63) is 39.5 Å². The Morgan fingerprint density at radius 3 is 2.47 bits per heavy atom. The smallest absolute Gasteiger partial charge is 0.250 e. The van der Waals surface area contributed by atoms with Crippen LogP contribution >= 0.6 is 22.6 Å². The lowest BCUT2D eigenvalue weighted by atomic mass is 10.2. The van der Waals surface area contributed by atoms with Crippen LogP contribution in [0.25, 0.3) is 0 Å². The van der Waals surface area contributed by atoms with Crippen molar-refractivity contribution < 1.29 is 9.47 Å². The topological polar surface area (TPSA) is 36.3 Å². The van der Waals surface area contributed by atoms with E-state index in [1.165, 1.54) is 5.56 Å². The highest BCUT2D eigenvalue weighted by molar-refractivity contribution is 14.1. The zero-order valence-corrected chi connectivity index (χ0v) is 11.8. The Kier molecular flexibility index (Phi) is 3.88. The average molecular weight is 344 g/mol. The summed E-state index contributed by atoms with van der Waals surface area (Å²) in [6.45, 7) is 0.670. The van der Waals surface area contributed by atoms with Gasteiger partial charge in [0.25, 0.3) is 0 Å². The van der Waals surface area contributed by atoms with Gasteiger partial charge >= 0.3 is 0 Å². The van der Waals surface area contributed by atoms with Gasteiger partial charge in [-0.2, -0.15) is 0 Å². The first-order valence-corrected chi connectivity index (χ1v) is 6.22. The van der Waals surface area contributed by atoms with E-state index < -0.39 is 0 Å². The third-order valence-corrected chi connectivity index (χ3v) is 3.31. The van der Waals surface area contributed by atoms with Gasteiger partial charge in [0.05, 0.1) is 20.8 Å². The van der Waals surface area contributed by atoms with Crippen molar-refractivity contribution >= 4 is 22.6 Å². The van der Waals surface area contributed by atoms with Crippen molar-refractivity contribution in [2.45, 2.75) is 6.54 Å². The largest absolute Gasteiger partial charge is 0.480 e. The van der Waals surface area contributed by atoms with Crippen LogP contribution < -0.4 is 9.47 Å². The second-order valence-corrected chi connectivity index (χ2v) is 4.55. The second kappa shape index (κ2) is 5.39. The molecule has 0 unspecified atom stereocenters. The van der Waals surface area contributed by atoms with Gasteiger partial charge in [-0.15, -0.1) is 5.10 Å².